The summed E-state index contributed by atoms with van der Waals surface area (Å²) in [4.78, 5) is 19.4. The molecule has 2 aromatic carbocycles. The van der Waals surface area contributed by atoms with Crippen molar-refractivity contribution < 1.29 is 13.6 Å². The molecule has 2 aromatic heterocycles. The van der Waals surface area contributed by atoms with Crippen LogP contribution in [0.25, 0.3) is 22.5 Å². The average molecular weight is 474 g/mol. The Morgan fingerprint density at radius 3 is 2.51 bits per heavy atom. The number of benzene rings is 2. The highest BCUT2D eigenvalue weighted by atomic mass is 19.1. The van der Waals surface area contributed by atoms with Gasteiger partial charge >= 0.3 is 0 Å². The highest BCUT2D eigenvalue weighted by Crippen LogP contribution is 2.24. The lowest BCUT2D eigenvalue weighted by atomic mass is 10.0. The molecule has 8 heteroatoms. The quantitative estimate of drug-likeness (QED) is 0.422. The number of aromatic nitrogens is 3. The summed E-state index contributed by atoms with van der Waals surface area (Å²) in [5.41, 5.74) is 4.54. The highest BCUT2D eigenvalue weighted by Gasteiger charge is 2.22. The third-order valence-electron chi connectivity index (χ3n) is 6.30. The molecule has 0 unspecified atom stereocenters. The summed E-state index contributed by atoms with van der Waals surface area (Å²) in [6.07, 6.45) is 5.09. The molecule has 4 aromatic rings. The van der Waals surface area contributed by atoms with Crippen LogP contribution in [-0.4, -0.2) is 45.1 Å². The number of halogens is 2. The van der Waals surface area contributed by atoms with Gasteiger partial charge in [-0.05, 0) is 61.4 Å². The number of carbonyl (C=O) groups is 1. The Balaban J connectivity index is 1.14. The van der Waals surface area contributed by atoms with Crippen LogP contribution < -0.4 is 5.32 Å². The van der Waals surface area contributed by atoms with Gasteiger partial charge < -0.3 is 5.32 Å². The Hall–Kier alpha value is -3.91. The van der Waals surface area contributed by atoms with Crippen molar-refractivity contribution >= 4 is 5.91 Å². The summed E-state index contributed by atoms with van der Waals surface area (Å²) < 4.78 is 26.7. The Kier molecular flexibility index (Phi) is 6.63. The molecule has 0 saturated carbocycles. The van der Waals surface area contributed by atoms with E-state index in [0.717, 1.165) is 49.3 Å². The topological polar surface area (TPSA) is 73.9 Å². The van der Waals surface area contributed by atoms with Crippen LogP contribution in [0.2, 0.25) is 0 Å². The molecule has 0 atom stereocenters. The van der Waals surface area contributed by atoms with Crippen LogP contribution in [0.3, 0.4) is 0 Å². The van der Waals surface area contributed by atoms with Crippen LogP contribution in [0.4, 0.5) is 8.78 Å². The zero-order valence-corrected chi connectivity index (χ0v) is 19.0. The number of amides is 1. The summed E-state index contributed by atoms with van der Waals surface area (Å²) >= 11 is 0. The second kappa shape index (κ2) is 10.1. The summed E-state index contributed by atoms with van der Waals surface area (Å²) in [6, 6.07) is 16.1. The first kappa shape index (κ1) is 22.9. The molecule has 1 aliphatic rings. The van der Waals surface area contributed by atoms with Gasteiger partial charge in [0.05, 0.1) is 17.0 Å². The number of pyridine rings is 1. The van der Waals surface area contributed by atoms with E-state index in [1.54, 1.807) is 36.4 Å². The molecule has 6 nitrogen and oxygen atoms in total. The predicted molar refractivity (Wildman–Crippen MR) is 129 cm³/mol. The standard InChI is InChI=1S/C27H25F2N5O/c28-22-7-4-18(5-8-22)26-21(16-31-33-26)17-34-12-10-24(11-13-34)32-27(35)20-6-9-25(30-15-20)19-2-1-3-23(29)14-19/h1-9,14-16,24H,10-13,17H2,(H,31,33)(H,32,35). The molecule has 5 rings (SSSR count). The normalized spacial score (nSPS) is 14.7. The number of rotatable bonds is 6. The summed E-state index contributed by atoms with van der Waals surface area (Å²) in [5, 5.41) is 10.4. The van der Waals surface area contributed by atoms with Crippen LogP contribution in [0, 0.1) is 11.6 Å². The maximum Gasteiger partial charge on any atom is 0.253 e. The highest BCUT2D eigenvalue weighted by molar-refractivity contribution is 5.94. The Morgan fingerprint density at radius 1 is 1.00 bits per heavy atom. The lowest BCUT2D eigenvalue weighted by Gasteiger charge is -2.32. The van der Waals surface area contributed by atoms with E-state index in [4.69, 9.17) is 0 Å². The summed E-state index contributed by atoms with van der Waals surface area (Å²) in [7, 11) is 0. The zero-order valence-electron chi connectivity index (χ0n) is 19.0. The smallest absolute Gasteiger partial charge is 0.253 e. The van der Waals surface area contributed by atoms with Gasteiger partial charge in [-0.3, -0.25) is 19.8 Å². The summed E-state index contributed by atoms with van der Waals surface area (Å²) in [6.45, 7) is 2.42. The molecule has 178 valence electrons. The third kappa shape index (κ3) is 5.44. The lowest BCUT2D eigenvalue weighted by Crippen LogP contribution is -2.44. The largest absolute Gasteiger partial charge is 0.349 e. The number of piperidine rings is 1. The maximum atomic E-state index is 13.5. The molecule has 35 heavy (non-hydrogen) atoms. The van der Waals surface area contributed by atoms with Crippen molar-refractivity contribution in [3.05, 3.63) is 95.8 Å². The summed E-state index contributed by atoms with van der Waals surface area (Å²) in [5.74, 6) is -0.750. The van der Waals surface area contributed by atoms with Crippen LogP contribution >= 0.6 is 0 Å². The molecular formula is C27H25F2N5O. The minimum atomic E-state index is -0.322. The molecule has 2 N–H and O–H groups in total. The van der Waals surface area contributed by atoms with Crippen molar-refractivity contribution in [1.29, 1.82) is 0 Å². The van der Waals surface area contributed by atoms with E-state index < -0.39 is 0 Å². The molecule has 0 bridgehead atoms. The minimum Gasteiger partial charge on any atom is -0.349 e. The number of nitrogens with zero attached hydrogens (tertiary/aromatic N) is 3. The minimum absolute atomic E-state index is 0.0857. The molecule has 1 fully saturated rings. The van der Waals surface area contributed by atoms with E-state index in [0.29, 0.717) is 16.8 Å². The fourth-order valence-electron chi connectivity index (χ4n) is 4.38. The van der Waals surface area contributed by atoms with E-state index in [1.165, 1.54) is 30.5 Å². The molecule has 3 heterocycles. The first-order chi connectivity index (χ1) is 17.0. The van der Waals surface area contributed by atoms with Crippen molar-refractivity contribution in [2.24, 2.45) is 0 Å². The van der Waals surface area contributed by atoms with Crippen LogP contribution in [0.15, 0.2) is 73.1 Å². The number of hydrogen-bond acceptors (Lipinski definition) is 4. The van der Waals surface area contributed by atoms with Crippen molar-refractivity contribution in [1.82, 2.24) is 25.4 Å². The molecule has 1 saturated heterocycles. The number of carbonyl (C=O) groups excluding carboxylic acids is 1. The van der Waals surface area contributed by atoms with Gasteiger partial charge in [0.2, 0.25) is 0 Å². The molecular weight excluding hydrogens is 448 g/mol. The average Bonchev–Trinajstić information content (AvgIpc) is 3.34. The maximum absolute atomic E-state index is 13.5. The van der Waals surface area contributed by atoms with Crippen molar-refractivity contribution in [2.75, 3.05) is 13.1 Å². The molecule has 1 aliphatic heterocycles. The van der Waals surface area contributed by atoms with E-state index >= 15 is 0 Å². The first-order valence-corrected chi connectivity index (χ1v) is 11.6. The van der Waals surface area contributed by atoms with Gasteiger partial charge in [0, 0.05) is 54.8 Å². The van der Waals surface area contributed by atoms with E-state index in [2.05, 4.69) is 25.4 Å². The van der Waals surface area contributed by atoms with Gasteiger partial charge in [0.1, 0.15) is 11.6 Å². The Bertz CT molecular complexity index is 1300. The van der Waals surface area contributed by atoms with Crippen molar-refractivity contribution in [3.63, 3.8) is 0 Å². The van der Waals surface area contributed by atoms with Gasteiger partial charge in [0.25, 0.3) is 5.91 Å². The molecule has 1 amide bonds. The monoisotopic (exact) mass is 473 g/mol. The number of aromatic amines is 1. The molecule has 0 aliphatic carbocycles. The van der Waals surface area contributed by atoms with E-state index in [-0.39, 0.29) is 23.6 Å². The SMILES string of the molecule is O=C(NC1CCN(Cc2c[nH]nc2-c2ccc(F)cc2)CC1)c1ccc(-c2cccc(F)c2)nc1. The van der Waals surface area contributed by atoms with Gasteiger partial charge in [0.15, 0.2) is 0 Å². The van der Waals surface area contributed by atoms with Crippen molar-refractivity contribution in [2.45, 2.75) is 25.4 Å². The van der Waals surface area contributed by atoms with Gasteiger partial charge in [-0.1, -0.05) is 12.1 Å². The zero-order chi connectivity index (χ0) is 24.2. The number of H-pyrrole nitrogens is 1. The predicted octanol–water partition coefficient (Wildman–Crippen LogP) is 4.81. The second-order valence-electron chi connectivity index (χ2n) is 8.73. The first-order valence-electron chi connectivity index (χ1n) is 11.6. The number of hydrogen-bond donors (Lipinski definition) is 2. The molecule has 0 radical (unpaired) electrons. The van der Waals surface area contributed by atoms with Gasteiger partial charge in [-0.2, -0.15) is 5.10 Å². The Morgan fingerprint density at radius 2 is 1.80 bits per heavy atom. The van der Waals surface area contributed by atoms with Gasteiger partial charge in [-0.25, -0.2) is 8.78 Å². The lowest BCUT2D eigenvalue weighted by molar-refractivity contribution is 0.0908. The van der Waals surface area contributed by atoms with Crippen molar-refractivity contribution in [3.8, 4) is 22.5 Å². The van der Waals surface area contributed by atoms with E-state index in [9.17, 15) is 13.6 Å². The fraction of sp³-hybridized carbons (Fsp3) is 0.222. The third-order valence-corrected chi connectivity index (χ3v) is 6.30. The number of nitrogens with one attached hydrogen (secondary N) is 2. The van der Waals surface area contributed by atoms with Crippen LogP contribution in [-0.2, 0) is 6.54 Å². The van der Waals surface area contributed by atoms with E-state index in [1.807, 2.05) is 6.20 Å². The Labute approximate surface area is 202 Å². The van der Waals surface area contributed by atoms with Gasteiger partial charge in [-0.15, -0.1) is 0 Å². The second-order valence-corrected chi connectivity index (χ2v) is 8.73. The van der Waals surface area contributed by atoms with Crippen LogP contribution in [0.1, 0.15) is 28.8 Å². The van der Waals surface area contributed by atoms with Crippen LogP contribution in [0.5, 0.6) is 0 Å². The molecule has 0 spiro atoms. The fourth-order valence-corrected chi connectivity index (χ4v) is 4.38. The number of likely N-dealkylation sites (tertiary alicyclic amines) is 1.